The fourth-order valence-electron chi connectivity index (χ4n) is 1.19. The van der Waals surface area contributed by atoms with E-state index < -0.39 is 12.2 Å². The van der Waals surface area contributed by atoms with Crippen LogP contribution in [0, 0.1) is 0 Å². The lowest BCUT2D eigenvalue weighted by Gasteiger charge is -2.08. The van der Waals surface area contributed by atoms with Crippen LogP contribution in [0.2, 0.25) is 10.0 Å². The fraction of sp³-hybridized carbons (Fsp3) is 0.333. The Morgan fingerprint density at radius 1 is 1.10 bits per heavy atom. The lowest BCUT2D eigenvalue weighted by Crippen LogP contribution is -2.26. The summed E-state index contributed by atoms with van der Waals surface area (Å²) in [6.07, 6.45) is -1.23. The normalized spacial score (nSPS) is 9.75. The van der Waals surface area contributed by atoms with Gasteiger partial charge in [0.15, 0.2) is 0 Å². The highest BCUT2D eigenvalue weighted by Crippen LogP contribution is 2.24. The molecule has 1 aromatic rings. The van der Waals surface area contributed by atoms with E-state index in [1.165, 1.54) is 6.07 Å². The number of rotatable bonds is 5. The Hall–Kier alpha value is -1.66. The largest absolute Gasteiger partial charge is 0.446 e. The molecule has 6 nitrogen and oxygen atoms in total. The van der Waals surface area contributed by atoms with E-state index in [1.54, 1.807) is 19.1 Å². The molecule has 2 amide bonds. The number of hydrogen-bond donors (Lipinski definition) is 2. The van der Waals surface area contributed by atoms with Crippen LogP contribution < -0.4 is 10.6 Å². The molecule has 0 aliphatic rings. The van der Waals surface area contributed by atoms with Crippen molar-refractivity contribution >= 4 is 41.1 Å². The van der Waals surface area contributed by atoms with Gasteiger partial charge >= 0.3 is 12.2 Å². The van der Waals surface area contributed by atoms with E-state index in [4.69, 9.17) is 32.7 Å². The zero-order chi connectivity index (χ0) is 15.0. The molecule has 0 saturated heterocycles. The SMILES string of the molecule is CCNC(=O)OCCOC(=O)Nc1ccc(Cl)c(Cl)c1. The maximum atomic E-state index is 11.4. The fourth-order valence-corrected chi connectivity index (χ4v) is 1.49. The molecule has 1 rings (SSSR count). The number of ether oxygens (including phenoxy) is 2. The van der Waals surface area contributed by atoms with Crippen molar-refractivity contribution in [1.29, 1.82) is 0 Å². The van der Waals surface area contributed by atoms with Crippen LogP contribution in [0.4, 0.5) is 15.3 Å². The van der Waals surface area contributed by atoms with Crippen molar-refractivity contribution in [1.82, 2.24) is 5.32 Å². The molecule has 0 aliphatic heterocycles. The molecule has 0 aromatic heterocycles. The van der Waals surface area contributed by atoms with E-state index in [1.807, 2.05) is 0 Å². The molecule has 0 aliphatic carbocycles. The average molecular weight is 321 g/mol. The van der Waals surface area contributed by atoms with E-state index in [9.17, 15) is 9.59 Å². The van der Waals surface area contributed by atoms with Gasteiger partial charge in [0, 0.05) is 12.2 Å². The summed E-state index contributed by atoms with van der Waals surface area (Å²) in [5.74, 6) is 0. The number of carbonyl (C=O) groups is 2. The van der Waals surface area contributed by atoms with Crippen molar-refractivity contribution in [3.8, 4) is 0 Å². The Morgan fingerprint density at radius 2 is 1.75 bits per heavy atom. The van der Waals surface area contributed by atoms with Crippen molar-refractivity contribution in [2.45, 2.75) is 6.92 Å². The third kappa shape index (κ3) is 5.99. The number of hydrogen-bond acceptors (Lipinski definition) is 4. The van der Waals surface area contributed by atoms with Crippen molar-refractivity contribution in [3.63, 3.8) is 0 Å². The van der Waals surface area contributed by atoms with E-state index in [0.29, 0.717) is 22.3 Å². The summed E-state index contributed by atoms with van der Waals surface area (Å²) in [5.41, 5.74) is 0.453. The van der Waals surface area contributed by atoms with Crippen molar-refractivity contribution in [2.24, 2.45) is 0 Å². The maximum Gasteiger partial charge on any atom is 0.411 e. The topological polar surface area (TPSA) is 76.7 Å². The third-order valence-electron chi connectivity index (χ3n) is 2.04. The summed E-state index contributed by atoms with van der Waals surface area (Å²) in [6.45, 7) is 2.16. The molecule has 0 bridgehead atoms. The molecule has 0 saturated carbocycles. The quantitative estimate of drug-likeness (QED) is 0.816. The summed E-state index contributed by atoms with van der Waals surface area (Å²) in [6, 6.07) is 4.63. The number of amides is 2. The Bertz CT molecular complexity index is 483. The van der Waals surface area contributed by atoms with E-state index in [-0.39, 0.29) is 13.2 Å². The number of alkyl carbamates (subject to hydrolysis) is 1. The molecule has 0 heterocycles. The molecule has 0 unspecified atom stereocenters. The second-order valence-electron chi connectivity index (χ2n) is 3.56. The van der Waals surface area contributed by atoms with E-state index in [0.717, 1.165) is 0 Å². The molecule has 2 N–H and O–H groups in total. The second kappa shape index (κ2) is 8.50. The van der Waals surface area contributed by atoms with Crippen LogP contribution in [-0.2, 0) is 9.47 Å². The van der Waals surface area contributed by atoms with Gasteiger partial charge in [-0.2, -0.15) is 0 Å². The first kappa shape index (κ1) is 16.4. The second-order valence-corrected chi connectivity index (χ2v) is 4.37. The molecular formula is C12H14Cl2N2O4. The van der Waals surface area contributed by atoms with Crippen LogP contribution in [0.1, 0.15) is 6.92 Å². The number of anilines is 1. The van der Waals surface area contributed by atoms with Crippen LogP contribution >= 0.6 is 23.2 Å². The lowest BCUT2D eigenvalue weighted by atomic mass is 10.3. The van der Waals surface area contributed by atoms with Crippen LogP contribution in [-0.4, -0.2) is 31.9 Å². The van der Waals surface area contributed by atoms with Gasteiger partial charge < -0.3 is 14.8 Å². The molecule has 0 radical (unpaired) electrons. The monoisotopic (exact) mass is 320 g/mol. The summed E-state index contributed by atoms with van der Waals surface area (Å²) in [7, 11) is 0. The van der Waals surface area contributed by atoms with Crippen LogP contribution in [0.5, 0.6) is 0 Å². The van der Waals surface area contributed by atoms with Gasteiger partial charge in [0.25, 0.3) is 0 Å². The number of carbonyl (C=O) groups excluding carboxylic acids is 2. The summed E-state index contributed by atoms with van der Waals surface area (Å²) in [5, 5.41) is 5.62. The molecule has 110 valence electrons. The molecule has 0 atom stereocenters. The Balaban J connectivity index is 2.26. The van der Waals surface area contributed by atoms with E-state index in [2.05, 4.69) is 10.6 Å². The zero-order valence-electron chi connectivity index (χ0n) is 10.7. The van der Waals surface area contributed by atoms with Crippen LogP contribution in [0.15, 0.2) is 18.2 Å². The highest BCUT2D eigenvalue weighted by atomic mass is 35.5. The third-order valence-corrected chi connectivity index (χ3v) is 2.78. The first-order valence-corrected chi connectivity index (χ1v) is 6.58. The van der Waals surface area contributed by atoms with Gasteiger partial charge in [-0.1, -0.05) is 23.2 Å². The van der Waals surface area contributed by atoms with Gasteiger partial charge in [-0.3, -0.25) is 5.32 Å². The van der Waals surface area contributed by atoms with Crippen LogP contribution in [0.25, 0.3) is 0 Å². The predicted octanol–water partition coefficient (Wildman–Crippen LogP) is 3.29. The van der Waals surface area contributed by atoms with Crippen molar-refractivity contribution < 1.29 is 19.1 Å². The standard InChI is InChI=1S/C12H14Cl2N2O4/c1-2-15-11(17)19-5-6-20-12(18)16-8-3-4-9(13)10(14)7-8/h3-4,7H,2,5-6H2,1H3,(H,15,17)(H,16,18). The lowest BCUT2D eigenvalue weighted by molar-refractivity contribution is 0.102. The van der Waals surface area contributed by atoms with Crippen molar-refractivity contribution in [3.05, 3.63) is 28.2 Å². The molecule has 20 heavy (non-hydrogen) atoms. The zero-order valence-corrected chi connectivity index (χ0v) is 12.3. The van der Waals surface area contributed by atoms with E-state index >= 15 is 0 Å². The minimum Gasteiger partial charge on any atom is -0.446 e. The highest BCUT2D eigenvalue weighted by molar-refractivity contribution is 6.42. The smallest absolute Gasteiger partial charge is 0.411 e. The highest BCUT2D eigenvalue weighted by Gasteiger charge is 2.06. The minimum absolute atomic E-state index is 0.0272. The Labute approximate surface area is 126 Å². The summed E-state index contributed by atoms with van der Waals surface area (Å²) < 4.78 is 9.54. The van der Waals surface area contributed by atoms with Crippen molar-refractivity contribution in [2.75, 3.05) is 25.1 Å². The van der Waals surface area contributed by atoms with Gasteiger partial charge in [-0.25, -0.2) is 9.59 Å². The maximum absolute atomic E-state index is 11.4. The van der Waals surface area contributed by atoms with Gasteiger partial charge in [-0.05, 0) is 25.1 Å². The number of benzene rings is 1. The van der Waals surface area contributed by atoms with Gasteiger partial charge in [0.05, 0.1) is 10.0 Å². The summed E-state index contributed by atoms with van der Waals surface area (Å²) in [4.78, 5) is 22.3. The Kier molecular flexibility index (Phi) is 6.97. The molecule has 0 spiro atoms. The molecule has 0 fully saturated rings. The first-order valence-electron chi connectivity index (χ1n) is 5.82. The molecule has 8 heteroatoms. The molecular weight excluding hydrogens is 307 g/mol. The number of halogens is 2. The molecule has 1 aromatic carbocycles. The van der Waals surface area contributed by atoms with Gasteiger partial charge in [-0.15, -0.1) is 0 Å². The Morgan fingerprint density at radius 3 is 2.35 bits per heavy atom. The minimum atomic E-state index is -0.678. The van der Waals surface area contributed by atoms with Gasteiger partial charge in [0.2, 0.25) is 0 Å². The van der Waals surface area contributed by atoms with Crippen LogP contribution in [0.3, 0.4) is 0 Å². The summed E-state index contributed by atoms with van der Waals surface area (Å²) >= 11 is 11.5. The average Bonchev–Trinajstić information content (AvgIpc) is 2.39. The predicted molar refractivity (Wildman–Crippen MR) is 76.5 cm³/mol. The number of nitrogens with one attached hydrogen (secondary N) is 2. The first-order chi connectivity index (χ1) is 9.52. The van der Waals surface area contributed by atoms with Gasteiger partial charge in [0.1, 0.15) is 13.2 Å².